The van der Waals surface area contributed by atoms with Gasteiger partial charge in [0.1, 0.15) is 0 Å². The molecule has 42 heavy (non-hydrogen) atoms. The van der Waals surface area contributed by atoms with E-state index in [-0.39, 0.29) is 10.8 Å². The van der Waals surface area contributed by atoms with Gasteiger partial charge in [0, 0.05) is 34.9 Å². The summed E-state index contributed by atoms with van der Waals surface area (Å²) in [6, 6.07) is 40.8. The van der Waals surface area contributed by atoms with Crippen molar-refractivity contribution in [3.63, 3.8) is 0 Å². The van der Waals surface area contributed by atoms with Gasteiger partial charge in [-0.3, -0.25) is 9.52 Å². The predicted molar refractivity (Wildman–Crippen MR) is 169 cm³/mol. The van der Waals surface area contributed by atoms with Gasteiger partial charge in [0.2, 0.25) is 0 Å². The average Bonchev–Trinajstić information content (AvgIpc) is 3.35. The Hall–Kier alpha value is -5.34. The summed E-state index contributed by atoms with van der Waals surface area (Å²) in [6.07, 6.45) is 0. The SMILES string of the molecule is O=C1Nc2ccc(S(=O)(=O)Nc3ccccc3)cc2/C1=C(/Nc1ccc(CNc2ccccc2)cc1)c1ccccc1. The van der Waals surface area contributed by atoms with Crippen LogP contribution < -0.4 is 20.7 Å². The fraction of sp³-hybridized carbons (Fsp3) is 0.0294. The molecule has 0 radical (unpaired) electrons. The van der Waals surface area contributed by atoms with E-state index in [9.17, 15) is 13.2 Å². The molecule has 0 spiro atoms. The summed E-state index contributed by atoms with van der Waals surface area (Å²) in [5.74, 6) is -0.314. The second-order valence-corrected chi connectivity index (χ2v) is 11.5. The van der Waals surface area contributed by atoms with E-state index in [1.165, 1.54) is 12.1 Å². The number of sulfonamides is 1. The van der Waals surface area contributed by atoms with Crippen molar-refractivity contribution in [3.8, 4) is 0 Å². The molecule has 4 N–H and O–H groups in total. The van der Waals surface area contributed by atoms with Crippen molar-refractivity contribution < 1.29 is 13.2 Å². The molecule has 0 fully saturated rings. The lowest BCUT2D eigenvalue weighted by atomic mass is 10.00. The molecule has 6 rings (SSSR count). The first-order valence-corrected chi connectivity index (χ1v) is 14.9. The average molecular weight is 573 g/mol. The number of benzene rings is 5. The molecule has 1 aliphatic rings. The molecule has 7 nitrogen and oxygen atoms in total. The highest BCUT2D eigenvalue weighted by molar-refractivity contribution is 7.92. The maximum absolute atomic E-state index is 13.4. The Morgan fingerprint density at radius 3 is 1.95 bits per heavy atom. The minimum atomic E-state index is -3.89. The number of rotatable bonds is 9. The molecule has 1 amide bonds. The topological polar surface area (TPSA) is 99.3 Å². The van der Waals surface area contributed by atoms with Gasteiger partial charge in [0.05, 0.1) is 16.2 Å². The monoisotopic (exact) mass is 572 g/mol. The first-order chi connectivity index (χ1) is 20.5. The third-order valence-corrected chi connectivity index (χ3v) is 8.26. The summed E-state index contributed by atoms with van der Waals surface area (Å²) in [7, 11) is -3.89. The van der Waals surface area contributed by atoms with Gasteiger partial charge in [-0.05, 0) is 65.7 Å². The van der Waals surface area contributed by atoms with Gasteiger partial charge in [-0.2, -0.15) is 0 Å². The summed E-state index contributed by atoms with van der Waals surface area (Å²) in [4.78, 5) is 13.4. The Balaban J connectivity index is 1.34. The largest absolute Gasteiger partial charge is 0.381 e. The Morgan fingerprint density at radius 1 is 0.667 bits per heavy atom. The van der Waals surface area contributed by atoms with E-state index in [1.54, 1.807) is 30.3 Å². The van der Waals surface area contributed by atoms with E-state index in [0.29, 0.717) is 34.8 Å². The zero-order valence-electron chi connectivity index (χ0n) is 22.5. The number of amides is 1. The van der Waals surface area contributed by atoms with Gasteiger partial charge in [-0.1, -0.05) is 78.9 Å². The van der Waals surface area contributed by atoms with E-state index >= 15 is 0 Å². The summed E-state index contributed by atoms with van der Waals surface area (Å²) in [6.45, 7) is 0.668. The zero-order chi connectivity index (χ0) is 28.9. The van der Waals surface area contributed by atoms with E-state index in [2.05, 4.69) is 20.7 Å². The Labute approximate surface area is 245 Å². The van der Waals surface area contributed by atoms with Crippen LogP contribution in [0.3, 0.4) is 0 Å². The lowest BCUT2D eigenvalue weighted by molar-refractivity contribution is -0.110. The van der Waals surface area contributed by atoms with Crippen molar-refractivity contribution in [2.45, 2.75) is 11.4 Å². The first kappa shape index (κ1) is 26.9. The zero-order valence-corrected chi connectivity index (χ0v) is 23.4. The number of fused-ring (bicyclic) bond motifs is 1. The predicted octanol–water partition coefficient (Wildman–Crippen LogP) is 7.03. The van der Waals surface area contributed by atoms with E-state index < -0.39 is 10.0 Å². The number of carbonyl (C=O) groups is 1. The number of hydrogen-bond acceptors (Lipinski definition) is 5. The minimum Gasteiger partial charge on any atom is -0.381 e. The Morgan fingerprint density at radius 2 is 1.29 bits per heavy atom. The van der Waals surface area contributed by atoms with Crippen LogP contribution in [-0.4, -0.2) is 14.3 Å². The van der Waals surface area contributed by atoms with Crippen LogP contribution in [0.25, 0.3) is 11.3 Å². The van der Waals surface area contributed by atoms with Crippen LogP contribution in [-0.2, 0) is 21.4 Å². The molecule has 0 saturated heterocycles. The first-order valence-electron chi connectivity index (χ1n) is 13.4. The molecular formula is C34H28N4O3S. The van der Waals surface area contributed by atoms with Crippen molar-refractivity contribution in [1.82, 2.24) is 0 Å². The van der Waals surface area contributed by atoms with E-state index in [1.807, 2.05) is 91.0 Å². The highest BCUT2D eigenvalue weighted by atomic mass is 32.2. The highest BCUT2D eigenvalue weighted by Gasteiger charge is 2.30. The van der Waals surface area contributed by atoms with Crippen LogP contribution in [0.5, 0.6) is 0 Å². The molecule has 8 heteroatoms. The summed E-state index contributed by atoms with van der Waals surface area (Å²) in [5.41, 5.74) is 6.18. The van der Waals surface area contributed by atoms with Crippen LogP contribution in [0, 0.1) is 0 Å². The van der Waals surface area contributed by atoms with Crippen LogP contribution in [0.1, 0.15) is 16.7 Å². The lowest BCUT2D eigenvalue weighted by Crippen LogP contribution is -2.13. The third kappa shape index (κ3) is 5.89. The van der Waals surface area contributed by atoms with E-state index in [0.717, 1.165) is 22.5 Å². The number of anilines is 4. The standard InChI is InChI=1S/C34H28N4O3S/c39-34-32(30-22-29(20-21-31(30)37-34)42(40,41)38-28-14-8-3-9-15-28)33(25-10-4-1-5-11-25)36-27-18-16-24(17-19-27)23-35-26-12-6-2-7-13-26/h1-22,35-36,38H,23H2,(H,37,39)/b33-32-. The molecule has 0 bridgehead atoms. The second kappa shape index (κ2) is 11.6. The summed E-state index contributed by atoms with van der Waals surface area (Å²) >= 11 is 0. The molecule has 0 aromatic heterocycles. The molecule has 0 atom stereocenters. The van der Waals surface area contributed by atoms with Gasteiger partial charge >= 0.3 is 0 Å². The molecule has 0 unspecified atom stereocenters. The Bertz CT molecular complexity index is 1860. The number of para-hydroxylation sites is 2. The molecule has 0 aliphatic carbocycles. The molecule has 5 aromatic rings. The van der Waals surface area contributed by atoms with Gasteiger partial charge < -0.3 is 16.0 Å². The van der Waals surface area contributed by atoms with Crippen LogP contribution in [0.15, 0.2) is 138 Å². The van der Waals surface area contributed by atoms with E-state index in [4.69, 9.17) is 0 Å². The maximum atomic E-state index is 13.4. The molecule has 0 saturated carbocycles. The molecular weight excluding hydrogens is 544 g/mol. The Kier molecular flexibility index (Phi) is 7.45. The quantitative estimate of drug-likeness (QED) is 0.142. The fourth-order valence-corrected chi connectivity index (χ4v) is 5.86. The van der Waals surface area contributed by atoms with Gasteiger partial charge in [-0.25, -0.2) is 8.42 Å². The van der Waals surface area contributed by atoms with Crippen molar-refractivity contribution in [1.29, 1.82) is 0 Å². The summed E-state index contributed by atoms with van der Waals surface area (Å²) < 4.78 is 29.1. The van der Waals surface area contributed by atoms with Crippen molar-refractivity contribution in [2.75, 3.05) is 20.7 Å². The van der Waals surface area contributed by atoms with Gasteiger partial charge in [0.15, 0.2) is 0 Å². The lowest BCUT2D eigenvalue weighted by Gasteiger charge is -2.16. The number of nitrogens with one attached hydrogen (secondary N) is 4. The van der Waals surface area contributed by atoms with Crippen molar-refractivity contribution in [2.24, 2.45) is 0 Å². The van der Waals surface area contributed by atoms with Crippen LogP contribution >= 0.6 is 0 Å². The summed E-state index contributed by atoms with van der Waals surface area (Å²) in [5, 5.41) is 9.74. The molecule has 1 heterocycles. The van der Waals surface area contributed by atoms with Crippen molar-refractivity contribution >= 4 is 50.0 Å². The number of hydrogen-bond donors (Lipinski definition) is 4. The third-order valence-electron chi connectivity index (χ3n) is 6.88. The molecule has 208 valence electrons. The highest BCUT2D eigenvalue weighted by Crippen LogP contribution is 2.39. The van der Waals surface area contributed by atoms with Gasteiger partial charge in [-0.15, -0.1) is 0 Å². The normalized spacial score (nSPS) is 13.6. The fourth-order valence-electron chi connectivity index (χ4n) is 4.78. The second-order valence-electron chi connectivity index (χ2n) is 9.79. The maximum Gasteiger partial charge on any atom is 0.261 e. The van der Waals surface area contributed by atoms with Crippen LogP contribution in [0.4, 0.5) is 22.7 Å². The smallest absolute Gasteiger partial charge is 0.261 e. The molecule has 1 aliphatic heterocycles. The van der Waals surface area contributed by atoms with Gasteiger partial charge in [0.25, 0.3) is 15.9 Å². The minimum absolute atomic E-state index is 0.0572. The number of carbonyl (C=O) groups excluding carboxylic acids is 1. The molecule has 5 aromatic carbocycles. The van der Waals surface area contributed by atoms with Crippen molar-refractivity contribution in [3.05, 3.63) is 150 Å². The van der Waals surface area contributed by atoms with Crippen LogP contribution in [0.2, 0.25) is 0 Å².